The Hall–Kier alpha value is -1.26. The summed E-state index contributed by atoms with van der Waals surface area (Å²) in [6.07, 6.45) is 0.881. The molecule has 0 spiro atoms. The Morgan fingerprint density at radius 3 is 2.00 bits per heavy atom. The van der Waals surface area contributed by atoms with Gasteiger partial charge in [0.2, 0.25) is 0 Å². The number of urea groups is 1. The van der Waals surface area contributed by atoms with E-state index in [1.807, 2.05) is 27.7 Å². The van der Waals surface area contributed by atoms with E-state index in [-0.39, 0.29) is 24.5 Å². The normalized spacial score (nSPS) is 12.3. The summed E-state index contributed by atoms with van der Waals surface area (Å²) < 4.78 is 0. The molecule has 0 radical (unpaired) electrons. The van der Waals surface area contributed by atoms with Crippen LogP contribution in [0.3, 0.4) is 0 Å². The number of carboxylic acid groups (broad SMARTS) is 1. The number of carbonyl (C=O) groups excluding carboxylic acids is 1. The summed E-state index contributed by atoms with van der Waals surface area (Å²) in [5.74, 6) is -0.875. The predicted octanol–water partition coefficient (Wildman–Crippen LogP) is 2.41. The fourth-order valence-electron chi connectivity index (χ4n) is 1.98. The molecular weight excluding hydrogens is 232 g/mol. The van der Waals surface area contributed by atoms with Crippen molar-refractivity contribution in [2.45, 2.75) is 59.5 Å². The molecule has 1 atom stereocenters. The lowest BCUT2D eigenvalue weighted by Gasteiger charge is -2.35. The van der Waals surface area contributed by atoms with Crippen molar-refractivity contribution in [2.24, 2.45) is 0 Å². The van der Waals surface area contributed by atoms with Crippen LogP contribution < -0.4 is 0 Å². The summed E-state index contributed by atoms with van der Waals surface area (Å²) in [6, 6.07) is -0.218. The number of hydrogen-bond donors (Lipinski definition) is 1. The highest BCUT2D eigenvalue weighted by molar-refractivity contribution is 5.76. The molecule has 0 saturated heterocycles. The van der Waals surface area contributed by atoms with Gasteiger partial charge in [0.05, 0.1) is 6.42 Å². The molecule has 5 nitrogen and oxygen atoms in total. The van der Waals surface area contributed by atoms with Crippen molar-refractivity contribution in [3.8, 4) is 0 Å². The van der Waals surface area contributed by atoms with Gasteiger partial charge in [-0.25, -0.2) is 4.79 Å². The van der Waals surface area contributed by atoms with Crippen molar-refractivity contribution in [1.82, 2.24) is 9.80 Å². The van der Waals surface area contributed by atoms with E-state index in [4.69, 9.17) is 5.11 Å². The topological polar surface area (TPSA) is 60.9 Å². The maximum atomic E-state index is 12.4. The Kier molecular flexibility index (Phi) is 7.39. The van der Waals surface area contributed by atoms with E-state index in [1.54, 1.807) is 16.7 Å². The van der Waals surface area contributed by atoms with Gasteiger partial charge in [-0.05, 0) is 34.1 Å². The Morgan fingerprint density at radius 2 is 1.67 bits per heavy atom. The van der Waals surface area contributed by atoms with Crippen molar-refractivity contribution in [1.29, 1.82) is 0 Å². The number of hydrogen-bond acceptors (Lipinski definition) is 2. The van der Waals surface area contributed by atoms with Gasteiger partial charge in [0.25, 0.3) is 0 Å². The van der Waals surface area contributed by atoms with Gasteiger partial charge >= 0.3 is 12.0 Å². The fraction of sp³-hybridized carbons (Fsp3) is 0.846. The van der Waals surface area contributed by atoms with Gasteiger partial charge in [-0.3, -0.25) is 4.79 Å². The molecule has 106 valence electrons. The van der Waals surface area contributed by atoms with Crippen molar-refractivity contribution in [2.75, 3.05) is 13.1 Å². The first-order valence-corrected chi connectivity index (χ1v) is 6.64. The summed E-state index contributed by atoms with van der Waals surface area (Å²) >= 11 is 0. The lowest BCUT2D eigenvalue weighted by molar-refractivity contribution is -0.138. The Bertz CT molecular complexity index is 279. The van der Waals surface area contributed by atoms with E-state index in [1.165, 1.54) is 0 Å². The fourth-order valence-corrected chi connectivity index (χ4v) is 1.98. The lowest BCUT2D eigenvalue weighted by Crippen LogP contribution is -2.50. The zero-order chi connectivity index (χ0) is 14.3. The molecule has 2 amide bonds. The van der Waals surface area contributed by atoms with Crippen LogP contribution in [0.25, 0.3) is 0 Å². The quantitative estimate of drug-likeness (QED) is 0.762. The molecule has 0 aliphatic carbocycles. The van der Waals surface area contributed by atoms with E-state index >= 15 is 0 Å². The summed E-state index contributed by atoms with van der Waals surface area (Å²) in [4.78, 5) is 26.5. The largest absolute Gasteiger partial charge is 0.481 e. The van der Waals surface area contributed by atoms with Gasteiger partial charge < -0.3 is 14.9 Å². The molecule has 1 unspecified atom stereocenters. The number of carboxylic acids is 1. The van der Waals surface area contributed by atoms with Crippen LogP contribution in [-0.4, -0.2) is 52.1 Å². The minimum Gasteiger partial charge on any atom is -0.481 e. The number of nitrogens with zero attached hydrogens (tertiary/aromatic N) is 2. The summed E-state index contributed by atoms with van der Waals surface area (Å²) in [5.41, 5.74) is 0. The standard InChI is InChI=1S/C13H26N2O3/c1-6-8-15(10(3)4)13(18)14(7-2)11(5)9-12(16)17/h10-11H,6-9H2,1-5H3,(H,16,17). The molecule has 0 aromatic heterocycles. The zero-order valence-electron chi connectivity index (χ0n) is 12.1. The Labute approximate surface area is 110 Å². The minimum absolute atomic E-state index is 0.0162. The van der Waals surface area contributed by atoms with E-state index in [0.717, 1.165) is 6.42 Å². The van der Waals surface area contributed by atoms with Crippen LogP contribution in [0, 0.1) is 0 Å². The van der Waals surface area contributed by atoms with E-state index < -0.39 is 5.97 Å². The first-order chi connectivity index (χ1) is 8.34. The molecule has 0 bridgehead atoms. The zero-order valence-corrected chi connectivity index (χ0v) is 12.1. The van der Waals surface area contributed by atoms with Gasteiger partial charge in [0.15, 0.2) is 0 Å². The third-order valence-electron chi connectivity index (χ3n) is 2.92. The molecule has 0 saturated carbocycles. The van der Waals surface area contributed by atoms with Crippen molar-refractivity contribution < 1.29 is 14.7 Å². The number of aliphatic carboxylic acids is 1. The second-order valence-electron chi connectivity index (χ2n) is 4.80. The number of amides is 2. The molecule has 5 heteroatoms. The lowest BCUT2D eigenvalue weighted by atomic mass is 10.2. The molecule has 0 rings (SSSR count). The van der Waals surface area contributed by atoms with Crippen molar-refractivity contribution in [3.63, 3.8) is 0 Å². The molecule has 0 aromatic carbocycles. The average molecular weight is 258 g/mol. The molecule has 0 aliphatic rings. The van der Waals surface area contributed by atoms with Crippen LogP contribution in [0.15, 0.2) is 0 Å². The first kappa shape index (κ1) is 16.7. The molecule has 0 fully saturated rings. The summed E-state index contributed by atoms with van der Waals surface area (Å²) in [5, 5.41) is 8.81. The Morgan fingerprint density at radius 1 is 1.11 bits per heavy atom. The minimum atomic E-state index is -0.875. The number of rotatable bonds is 7. The highest BCUT2D eigenvalue weighted by atomic mass is 16.4. The van der Waals surface area contributed by atoms with Crippen LogP contribution in [0.4, 0.5) is 4.79 Å². The van der Waals surface area contributed by atoms with Crippen LogP contribution >= 0.6 is 0 Å². The van der Waals surface area contributed by atoms with Gasteiger partial charge in [0.1, 0.15) is 0 Å². The average Bonchev–Trinajstić information content (AvgIpc) is 2.24. The third kappa shape index (κ3) is 4.94. The van der Waals surface area contributed by atoms with E-state index in [2.05, 4.69) is 0 Å². The van der Waals surface area contributed by atoms with E-state index in [0.29, 0.717) is 13.1 Å². The molecule has 0 aromatic rings. The van der Waals surface area contributed by atoms with Crippen molar-refractivity contribution >= 4 is 12.0 Å². The van der Waals surface area contributed by atoms with Gasteiger partial charge in [0, 0.05) is 25.2 Å². The van der Waals surface area contributed by atoms with Crippen LogP contribution in [-0.2, 0) is 4.79 Å². The maximum Gasteiger partial charge on any atom is 0.320 e. The summed E-state index contributed by atoms with van der Waals surface area (Å²) in [6.45, 7) is 10.9. The maximum absolute atomic E-state index is 12.4. The molecular formula is C13H26N2O3. The van der Waals surface area contributed by atoms with Crippen LogP contribution in [0.1, 0.15) is 47.5 Å². The highest BCUT2D eigenvalue weighted by Crippen LogP contribution is 2.11. The van der Waals surface area contributed by atoms with Crippen molar-refractivity contribution in [3.05, 3.63) is 0 Å². The second-order valence-corrected chi connectivity index (χ2v) is 4.80. The van der Waals surface area contributed by atoms with Gasteiger partial charge in [-0.2, -0.15) is 0 Å². The molecule has 1 N–H and O–H groups in total. The molecule has 18 heavy (non-hydrogen) atoms. The monoisotopic (exact) mass is 258 g/mol. The van der Waals surface area contributed by atoms with E-state index in [9.17, 15) is 9.59 Å². The van der Waals surface area contributed by atoms with Gasteiger partial charge in [-0.15, -0.1) is 0 Å². The Balaban J connectivity index is 4.80. The van der Waals surface area contributed by atoms with Gasteiger partial charge in [-0.1, -0.05) is 6.92 Å². The molecule has 0 heterocycles. The molecule has 0 aliphatic heterocycles. The second kappa shape index (κ2) is 7.95. The predicted molar refractivity (Wildman–Crippen MR) is 71.6 cm³/mol. The number of carbonyl (C=O) groups is 2. The van der Waals surface area contributed by atoms with Crippen LogP contribution in [0.2, 0.25) is 0 Å². The first-order valence-electron chi connectivity index (χ1n) is 6.64. The summed E-state index contributed by atoms with van der Waals surface area (Å²) in [7, 11) is 0. The smallest absolute Gasteiger partial charge is 0.320 e. The SMILES string of the molecule is CCCN(C(=O)N(CC)C(C)CC(=O)O)C(C)C. The highest BCUT2D eigenvalue weighted by Gasteiger charge is 2.26. The third-order valence-corrected chi connectivity index (χ3v) is 2.92. The van der Waals surface area contributed by atoms with Crippen LogP contribution in [0.5, 0.6) is 0 Å².